The minimum absolute atomic E-state index is 0.00465. The first-order chi connectivity index (χ1) is 28.7. The molecule has 4 amide bonds. The molecule has 3 aliphatic heterocycles. The van der Waals surface area contributed by atoms with Crippen LogP contribution in [-0.2, 0) is 28.6 Å². The lowest BCUT2D eigenvalue weighted by atomic mass is 9.78. The summed E-state index contributed by atoms with van der Waals surface area (Å²) in [5.74, 6) is -0.484. The van der Waals surface area contributed by atoms with E-state index >= 15 is 0 Å². The zero-order valence-corrected chi connectivity index (χ0v) is 35.5. The fraction of sp³-hybridized carbons (Fsp3) is 0.533. The Hall–Kier alpha value is -5.57. The molecule has 1 spiro atoms. The number of likely N-dealkylation sites (tertiary alicyclic amines) is 2. The van der Waals surface area contributed by atoms with Crippen LogP contribution < -0.4 is 10.6 Å². The highest BCUT2D eigenvalue weighted by Crippen LogP contribution is 2.44. The Morgan fingerprint density at radius 1 is 0.800 bits per heavy atom. The highest BCUT2D eigenvalue weighted by molar-refractivity contribution is 6.00. The first-order valence-corrected chi connectivity index (χ1v) is 20.9. The number of amides is 4. The molecule has 2 aromatic carbocycles. The van der Waals surface area contributed by atoms with E-state index in [2.05, 4.69) is 20.6 Å². The van der Waals surface area contributed by atoms with Gasteiger partial charge < -0.3 is 39.6 Å². The monoisotopic (exact) mass is 826 g/mol. The summed E-state index contributed by atoms with van der Waals surface area (Å²) in [5.41, 5.74) is 3.85. The normalized spacial score (nSPS) is 19.6. The molecule has 0 radical (unpaired) electrons. The van der Waals surface area contributed by atoms with Crippen molar-refractivity contribution < 1.29 is 43.0 Å². The highest BCUT2D eigenvalue weighted by Gasteiger charge is 2.50. The van der Waals surface area contributed by atoms with Crippen LogP contribution in [0.3, 0.4) is 0 Å². The first-order valence-electron chi connectivity index (χ1n) is 20.9. The molecule has 15 heteroatoms. The Morgan fingerprint density at radius 3 is 1.92 bits per heavy atom. The second kappa shape index (κ2) is 19.2. The van der Waals surface area contributed by atoms with E-state index in [1.165, 1.54) is 14.2 Å². The Balaban J connectivity index is 1.07. The van der Waals surface area contributed by atoms with Crippen LogP contribution in [0.1, 0.15) is 94.9 Å². The second-order valence-corrected chi connectivity index (χ2v) is 16.9. The Kier molecular flexibility index (Phi) is 14.1. The van der Waals surface area contributed by atoms with Gasteiger partial charge in [-0.1, -0.05) is 76.2 Å². The molecule has 1 unspecified atom stereocenters. The molecule has 3 N–H and O–H groups in total. The molecular weight excluding hydrogens is 769 g/mol. The summed E-state index contributed by atoms with van der Waals surface area (Å²) >= 11 is 0. The lowest BCUT2D eigenvalue weighted by molar-refractivity contribution is -0.140. The van der Waals surface area contributed by atoms with Crippen molar-refractivity contribution >= 4 is 35.6 Å². The maximum absolute atomic E-state index is 13.9. The van der Waals surface area contributed by atoms with Crippen LogP contribution in [0.4, 0.5) is 9.59 Å². The average molecular weight is 827 g/mol. The minimum Gasteiger partial charge on any atom is -0.453 e. The molecule has 60 heavy (non-hydrogen) atoms. The number of benzene rings is 2. The lowest BCUT2D eigenvalue weighted by Gasteiger charge is -2.34. The lowest BCUT2D eigenvalue weighted by Crippen LogP contribution is -2.54. The van der Waals surface area contributed by atoms with E-state index < -0.39 is 30.3 Å². The third-order valence-corrected chi connectivity index (χ3v) is 12.3. The number of hydrogen-bond acceptors (Lipinski definition) is 10. The fourth-order valence-corrected chi connectivity index (χ4v) is 8.70. The van der Waals surface area contributed by atoms with Gasteiger partial charge in [0.15, 0.2) is 11.6 Å². The van der Waals surface area contributed by atoms with Gasteiger partial charge in [0.25, 0.3) is 0 Å². The third-order valence-electron chi connectivity index (χ3n) is 12.3. The van der Waals surface area contributed by atoms with Crippen molar-refractivity contribution in [3.63, 3.8) is 0 Å². The molecule has 3 saturated heterocycles. The van der Waals surface area contributed by atoms with Crippen LogP contribution in [0.15, 0.2) is 54.7 Å². The summed E-state index contributed by atoms with van der Waals surface area (Å²) in [6, 6.07) is 12.8. The van der Waals surface area contributed by atoms with E-state index in [0.717, 1.165) is 48.1 Å². The largest absolute Gasteiger partial charge is 0.453 e. The van der Waals surface area contributed by atoms with Crippen LogP contribution in [0.2, 0.25) is 0 Å². The van der Waals surface area contributed by atoms with Gasteiger partial charge in [0.05, 0.1) is 38.2 Å². The van der Waals surface area contributed by atoms with Crippen molar-refractivity contribution in [1.29, 1.82) is 0 Å². The van der Waals surface area contributed by atoms with Crippen molar-refractivity contribution in [2.75, 3.05) is 40.5 Å². The topological polar surface area (TPSA) is 189 Å². The molecule has 322 valence electrons. The van der Waals surface area contributed by atoms with Gasteiger partial charge >= 0.3 is 12.2 Å². The van der Waals surface area contributed by atoms with Gasteiger partial charge in [-0.2, -0.15) is 0 Å². The van der Waals surface area contributed by atoms with Crippen molar-refractivity contribution in [3.8, 4) is 22.4 Å². The quantitative estimate of drug-likeness (QED) is 0.160. The number of aromatic nitrogens is 2. The van der Waals surface area contributed by atoms with Gasteiger partial charge in [-0.3, -0.25) is 19.2 Å². The highest BCUT2D eigenvalue weighted by atomic mass is 16.5. The summed E-state index contributed by atoms with van der Waals surface area (Å²) < 4.78 is 15.1. The van der Waals surface area contributed by atoms with E-state index in [4.69, 9.17) is 14.2 Å². The van der Waals surface area contributed by atoms with Gasteiger partial charge in [-0.15, -0.1) is 0 Å². The predicted octanol–water partition coefficient (Wildman–Crippen LogP) is 6.10. The molecule has 0 bridgehead atoms. The van der Waals surface area contributed by atoms with Crippen LogP contribution in [0.25, 0.3) is 22.4 Å². The van der Waals surface area contributed by atoms with E-state index in [1.54, 1.807) is 28.1 Å². The van der Waals surface area contributed by atoms with E-state index in [9.17, 15) is 28.8 Å². The zero-order chi connectivity index (χ0) is 43.1. The number of carbonyl (C=O) groups excluding carboxylic acids is 6. The van der Waals surface area contributed by atoms with Crippen LogP contribution in [0.5, 0.6) is 0 Å². The first kappa shape index (κ1) is 44.0. The Morgan fingerprint density at radius 2 is 1.35 bits per heavy atom. The number of H-pyrrole nitrogens is 1. The zero-order valence-electron chi connectivity index (χ0n) is 35.5. The molecule has 3 fully saturated rings. The average Bonchev–Trinajstić information content (AvgIpc) is 4.03. The van der Waals surface area contributed by atoms with E-state index in [0.29, 0.717) is 44.1 Å². The SMILES string of the molecule is COC(=O)N[C@H](C(=O)N1CC2(CCOCC2)CC1C(=O)CCC(=O)c1ccc(-c2ccc(-c3cnc([C@@H]4CCCN4C(=O)[C@@H](NC(=O)OC)C(C)C)[nH]3)cc2)cc1)C(C)C. The standard InChI is InChI=1S/C45H58N6O9/c1-27(2)38(48-43(56)58-5)41(54)50-21-7-8-34(50)40-46-25-33(47-40)31-13-9-29(10-14-31)30-11-15-32(16-12-30)36(52)17-18-37(53)35-24-45(19-22-60-23-20-45)26-51(35)42(55)39(28(3)4)49-44(57)59-6/h9-16,25,27-28,34-35,38-39H,7-8,17-24,26H2,1-6H3,(H,46,47)(H,48,56)(H,49,57)/t34-,35?,38-,39-/m0/s1. The van der Waals surface area contributed by atoms with Gasteiger partial charge in [0.1, 0.15) is 17.9 Å². The number of aromatic amines is 1. The summed E-state index contributed by atoms with van der Waals surface area (Å²) in [6.45, 7) is 9.52. The predicted molar refractivity (Wildman–Crippen MR) is 223 cm³/mol. The number of nitrogens with one attached hydrogen (secondary N) is 3. The molecule has 6 rings (SSSR count). The number of ether oxygens (including phenoxy) is 3. The summed E-state index contributed by atoms with van der Waals surface area (Å²) in [6.07, 6.45) is 3.96. The number of imidazole rings is 1. The molecule has 3 aliphatic rings. The van der Waals surface area contributed by atoms with Crippen molar-refractivity contribution in [2.45, 2.75) is 96.8 Å². The summed E-state index contributed by atoms with van der Waals surface area (Å²) in [7, 11) is 2.52. The van der Waals surface area contributed by atoms with Crippen LogP contribution in [0, 0.1) is 17.3 Å². The number of rotatable bonds is 14. The molecular formula is C45H58N6O9. The van der Waals surface area contributed by atoms with Gasteiger partial charge in [0, 0.05) is 44.7 Å². The van der Waals surface area contributed by atoms with Crippen molar-refractivity contribution in [2.24, 2.45) is 17.3 Å². The summed E-state index contributed by atoms with van der Waals surface area (Å²) in [4.78, 5) is 90.2. The number of alkyl carbamates (subject to hydrolysis) is 2. The second-order valence-electron chi connectivity index (χ2n) is 16.9. The number of Topliss-reactive ketones (excluding diaryl/α,β-unsaturated/α-hetero) is 2. The number of carbonyl (C=O) groups is 6. The van der Waals surface area contributed by atoms with Crippen LogP contribution in [-0.4, -0.2) is 114 Å². The third kappa shape index (κ3) is 9.89. The molecule has 15 nitrogen and oxygen atoms in total. The van der Waals surface area contributed by atoms with Gasteiger partial charge in [0.2, 0.25) is 11.8 Å². The van der Waals surface area contributed by atoms with Crippen molar-refractivity contribution in [1.82, 2.24) is 30.4 Å². The molecule has 4 heterocycles. The summed E-state index contributed by atoms with van der Waals surface area (Å²) in [5, 5.41) is 5.33. The molecule has 1 aromatic heterocycles. The van der Waals surface area contributed by atoms with Crippen molar-refractivity contribution in [3.05, 3.63) is 66.1 Å². The molecule has 3 aromatic rings. The van der Waals surface area contributed by atoms with E-state index in [-0.39, 0.29) is 59.5 Å². The number of methoxy groups -OCH3 is 2. The smallest absolute Gasteiger partial charge is 0.407 e. The Bertz CT molecular complexity index is 2020. The number of hydrogen-bond donors (Lipinski definition) is 3. The van der Waals surface area contributed by atoms with E-state index in [1.807, 2.05) is 64.1 Å². The van der Waals surface area contributed by atoms with Gasteiger partial charge in [-0.25, -0.2) is 14.6 Å². The maximum atomic E-state index is 13.9. The molecule has 0 saturated carbocycles. The number of nitrogens with zero attached hydrogens (tertiary/aromatic N) is 3. The minimum atomic E-state index is -0.855. The Labute approximate surface area is 351 Å². The number of ketones is 2. The van der Waals surface area contributed by atoms with Gasteiger partial charge in [-0.05, 0) is 66.0 Å². The maximum Gasteiger partial charge on any atom is 0.407 e. The molecule has 4 atom stereocenters. The van der Waals surface area contributed by atoms with Crippen LogP contribution >= 0.6 is 0 Å². The molecule has 0 aliphatic carbocycles. The fourth-order valence-electron chi connectivity index (χ4n) is 8.70.